The second kappa shape index (κ2) is 6.36. The van der Waals surface area contributed by atoms with E-state index in [-0.39, 0.29) is 10.9 Å². The van der Waals surface area contributed by atoms with E-state index in [9.17, 15) is 13.6 Å². The van der Waals surface area contributed by atoms with Crippen molar-refractivity contribution in [2.45, 2.75) is 26.8 Å². The lowest BCUT2D eigenvalue weighted by atomic mass is 10.1. The van der Waals surface area contributed by atoms with Crippen LogP contribution < -0.4 is 0 Å². The number of aromatic nitrogens is 2. The maximum absolute atomic E-state index is 13.8. The number of halogens is 4. The van der Waals surface area contributed by atoms with Crippen molar-refractivity contribution in [1.29, 1.82) is 0 Å². The highest BCUT2D eigenvalue weighted by Crippen LogP contribution is 2.25. The summed E-state index contributed by atoms with van der Waals surface area (Å²) in [6, 6.07) is 2.15. The second-order valence-electron chi connectivity index (χ2n) is 4.51. The molecule has 2 rings (SSSR count). The first-order valence-corrected chi connectivity index (χ1v) is 7.83. The number of carbonyl (C=O) groups is 1. The molecule has 0 amide bonds. The first-order valence-electron chi connectivity index (χ1n) is 6.24. The number of benzene rings is 1. The molecule has 0 unspecified atom stereocenters. The fourth-order valence-corrected chi connectivity index (χ4v) is 2.91. The van der Waals surface area contributed by atoms with Gasteiger partial charge in [0.1, 0.15) is 11.6 Å². The quantitative estimate of drug-likeness (QED) is 0.684. The molecular formula is C14H12Br2F2N2O. The predicted octanol–water partition coefficient (Wildman–Crippen LogP) is 4.44. The van der Waals surface area contributed by atoms with E-state index in [1.54, 1.807) is 11.6 Å². The average molecular weight is 422 g/mol. The van der Waals surface area contributed by atoms with Crippen LogP contribution in [0.5, 0.6) is 0 Å². The molecule has 112 valence electrons. The zero-order valence-electron chi connectivity index (χ0n) is 11.4. The third-order valence-electron chi connectivity index (χ3n) is 3.07. The minimum absolute atomic E-state index is 0.120. The molecule has 0 N–H and O–H groups in total. The van der Waals surface area contributed by atoms with Crippen molar-refractivity contribution in [2.75, 3.05) is 0 Å². The number of aryl methyl sites for hydroxylation is 2. The van der Waals surface area contributed by atoms with Gasteiger partial charge in [-0.15, -0.1) is 0 Å². The van der Waals surface area contributed by atoms with Crippen LogP contribution in [0.4, 0.5) is 8.78 Å². The van der Waals surface area contributed by atoms with Crippen LogP contribution in [0.2, 0.25) is 0 Å². The molecule has 0 bridgehead atoms. The van der Waals surface area contributed by atoms with E-state index < -0.39 is 23.0 Å². The fourth-order valence-electron chi connectivity index (χ4n) is 2.09. The van der Waals surface area contributed by atoms with Crippen molar-refractivity contribution in [3.63, 3.8) is 0 Å². The Balaban J connectivity index is 2.40. The molecule has 1 aromatic heterocycles. The smallest absolute Gasteiger partial charge is 0.174 e. The fraction of sp³-hybridized carbons (Fsp3) is 0.286. The van der Waals surface area contributed by atoms with E-state index in [4.69, 9.17) is 0 Å². The normalized spacial score (nSPS) is 11.0. The molecule has 0 spiro atoms. The van der Waals surface area contributed by atoms with Crippen molar-refractivity contribution in [3.8, 4) is 0 Å². The minimum atomic E-state index is -0.873. The van der Waals surface area contributed by atoms with Crippen molar-refractivity contribution >= 4 is 37.6 Å². The van der Waals surface area contributed by atoms with E-state index in [0.717, 1.165) is 17.8 Å². The Kier molecular flexibility index (Phi) is 4.93. The molecule has 21 heavy (non-hydrogen) atoms. The summed E-state index contributed by atoms with van der Waals surface area (Å²) in [6.07, 6.45) is -0.120. The predicted molar refractivity (Wildman–Crippen MR) is 82.4 cm³/mol. The van der Waals surface area contributed by atoms with Gasteiger partial charge in [0.15, 0.2) is 5.78 Å². The topological polar surface area (TPSA) is 34.9 Å². The lowest BCUT2D eigenvalue weighted by molar-refractivity contribution is 0.0982. The van der Waals surface area contributed by atoms with Gasteiger partial charge in [-0.1, -0.05) is 15.9 Å². The monoisotopic (exact) mass is 420 g/mol. The number of carbonyl (C=O) groups excluding carboxylic acids is 1. The SMILES string of the molecule is CCn1nc(C)c(Br)c1CC(=O)c1c(F)cc(Br)cc1F. The molecule has 0 saturated carbocycles. The van der Waals surface area contributed by atoms with Crippen LogP contribution in [0.1, 0.15) is 28.7 Å². The molecule has 0 atom stereocenters. The van der Waals surface area contributed by atoms with Crippen LogP contribution >= 0.6 is 31.9 Å². The van der Waals surface area contributed by atoms with Crippen molar-refractivity contribution in [1.82, 2.24) is 9.78 Å². The average Bonchev–Trinajstić information content (AvgIpc) is 2.65. The van der Waals surface area contributed by atoms with Crippen LogP contribution in [0.25, 0.3) is 0 Å². The third kappa shape index (κ3) is 3.23. The van der Waals surface area contributed by atoms with Gasteiger partial charge in [0.2, 0.25) is 0 Å². The Morgan fingerprint density at radius 1 is 1.29 bits per heavy atom. The molecule has 0 radical (unpaired) electrons. The standard InChI is InChI=1S/C14H12Br2F2N2O/c1-3-20-11(14(16)7(2)19-20)6-12(21)13-9(17)4-8(15)5-10(13)18/h4-5H,3,6H2,1-2H3. The molecule has 0 fully saturated rings. The summed E-state index contributed by atoms with van der Waals surface area (Å²) >= 11 is 6.35. The van der Waals surface area contributed by atoms with Crippen LogP contribution in [0.3, 0.4) is 0 Å². The minimum Gasteiger partial charge on any atom is -0.294 e. The summed E-state index contributed by atoms with van der Waals surface area (Å²) in [5, 5.41) is 4.26. The van der Waals surface area contributed by atoms with Gasteiger partial charge in [-0.05, 0) is 41.9 Å². The molecule has 0 aliphatic carbocycles. The summed E-state index contributed by atoms with van der Waals surface area (Å²) in [5.74, 6) is -2.36. The van der Waals surface area contributed by atoms with Gasteiger partial charge in [0.05, 0.1) is 27.8 Å². The largest absolute Gasteiger partial charge is 0.294 e. The van der Waals surface area contributed by atoms with E-state index in [2.05, 4.69) is 37.0 Å². The van der Waals surface area contributed by atoms with Gasteiger partial charge in [-0.25, -0.2) is 8.78 Å². The van der Waals surface area contributed by atoms with Gasteiger partial charge >= 0.3 is 0 Å². The lowest BCUT2D eigenvalue weighted by Gasteiger charge is -2.07. The second-order valence-corrected chi connectivity index (χ2v) is 6.21. The molecule has 1 aromatic carbocycles. The van der Waals surface area contributed by atoms with Gasteiger partial charge < -0.3 is 0 Å². The Morgan fingerprint density at radius 2 is 1.86 bits per heavy atom. The third-order valence-corrected chi connectivity index (χ3v) is 4.56. The molecule has 0 aliphatic heterocycles. The Bertz CT molecular complexity index is 690. The maximum atomic E-state index is 13.8. The first kappa shape index (κ1) is 16.3. The number of Topliss-reactive ketones (excluding diaryl/α,β-unsaturated/α-hetero) is 1. The molecule has 3 nitrogen and oxygen atoms in total. The van der Waals surface area contributed by atoms with E-state index >= 15 is 0 Å². The lowest BCUT2D eigenvalue weighted by Crippen LogP contribution is -2.13. The summed E-state index contributed by atoms with van der Waals surface area (Å²) in [5.41, 5.74) is 0.824. The maximum Gasteiger partial charge on any atom is 0.174 e. The van der Waals surface area contributed by atoms with Gasteiger partial charge in [0.25, 0.3) is 0 Å². The van der Waals surface area contributed by atoms with Crippen LogP contribution in [-0.4, -0.2) is 15.6 Å². The number of rotatable bonds is 4. The number of ketones is 1. The number of hydrogen-bond acceptors (Lipinski definition) is 2. The highest BCUT2D eigenvalue weighted by molar-refractivity contribution is 9.10. The summed E-state index contributed by atoms with van der Waals surface area (Å²) < 4.78 is 30.2. The van der Waals surface area contributed by atoms with E-state index in [1.165, 1.54) is 0 Å². The van der Waals surface area contributed by atoms with Gasteiger partial charge in [-0.2, -0.15) is 5.10 Å². The first-order chi connectivity index (χ1) is 9.85. The van der Waals surface area contributed by atoms with Gasteiger partial charge in [0, 0.05) is 11.0 Å². The molecule has 1 heterocycles. The van der Waals surface area contributed by atoms with Crippen LogP contribution in [0, 0.1) is 18.6 Å². The highest BCUT2D eigenvalue weighted by atomic mass is 79.9. The van der Waals surface area contributed by atoms with Gasteiger partial charge in [-0.3, -0.25) is 9.48 Å². The van der Waals surface area contributed by atoms with E-state index in [0.29, 0.717) is 16.7 Å². The number of nitrogens with zero attached hydrogens (tertiary/aromatic N) is 2. The Morgan fingerprint density at radius 3 is 2.38 bits per heavy atom. The summed E-state index contributed by atoms with van der Waals surface area (Å²) in [7, 11) is 0. The van der Waals surface area contributed by atoms with Crippen LogP contribution in [0.15, 0.2) is 21.1 Å². The number of hydrogen-bond donors (Lipinski definition) is 0. The van der Waals surface area contributed by atoms with Crippen molar-refractivity contribution in [3.05, 3.63) is 49.7 Å². The summed E-state index contributed by atoms with van der Waals surface area (Å²) in [6.45, 7) is 4.25. The molecule has 2 aromatic rings. The summed E-state index contributed by atoms with van der Waals surface area (Å²) in [4.78, 5) is 12.2. The highest BCUT2D eigenvalue weighted by Gasteiger charge is 2.22. The molecule has 0 saturated heterocycles. The Hall–Kier alpha value is -1.08. The van der Waals surface area contributed by atoms with E-state index in [1.807, 2.05) is 6.92 Å². The molecular weight excluding hydrogens is 410 g/mol. The zero-order valence-corrected chi connectivity index (χ0v) is 14.6. The Labute approximate surface area is 137 Å². The van der Waals surface area contributed by atoms with Crippen LogP contribution in [-0.2, 0) is 13.0 Å². The molecule has 7 heteroatoms. The van der Waals surface area contributed by atoms with Crippen molar-refractivity contribution in [2.24, 2.45) is 0 Å². The van der Waals surface area contributed by atoms with Crippen molar-refractivity contribution < 1.29 is 13.6 Å². The zero-order chi connectivity index (χ0) is 15.7. The molecule has 0 aliphatic rings.